The summed E-state index contributed by atoms with van der Waals surface area (Å²) in [6.07, 6.45) is 0. The summed E-state index contributed by atoms with van der Waals surface area (Å²) < 4.78 is 33.0. The third-order valence-corrected chi connectivity index (χ3v) is 6.97. The van der Waals surface area contributed by atoms with Crippen LogP contribution in [0.2, 0.25) is 5.02 Å². The van der Waals surface area contributed by atoms with Gasteiger partial charge in [-0.15, -0.1) is 0 Å². The van der Waals surface area contributed by atoms with E-state index in [1.165, 1.54) is 16.4 Å². The molecule has 0 aliphatic rings. The third-order valence-electron chi connectivity index (χ3n) is 4.59. The third kappa shape index (κ3) is 5.25. The molecule has 0 bridgehead atoms. The normalized spacial score (nSPS) is 11.2. The zero-order valence-corrected chi connectivity index (χ0v) is 18.8. The van der Waals surface area contributed by atoms with Crippen molar-refractivity contribution in [3.8, 4) is 0 Å². The van der Waals surface area contributed by atoms with Crippen LogP contribution in [0, 0.1) is 0 Å². The molecule has 3 aromatic rings. The lowest BCUT2D eigenvalue weighted by molar-refractivity contribution is 0.102. The number of ether oxygens (including phenoxy) is 1. The van der Waals surface area contributed by atoms with Crippen LogP contribution in [0.15, 0.2) is 77.7 Å². The van der Waals surface area contributed by atoms with Crippen molar-refractivity contribution >= 4 is 38.9 Å². The molecule has 8 heteroatoms. The Morgan fingerprint density at radius 3 is 2.45 bits per heavy atom. The minimum Gasteiger partial charge on any atom is -0.380 e. The minimum atomic E-state index is -3.94. The van der Waals surface area contributed by atoms with Crippen molar-refractivity contribution in [3.63, 3.8) is 0 Å². The van der Waals surface area contributed by atoms with Crippen molar-refractivity contribution in [2.24, 2.45) is 0 Å². The maximum atomic E-state index is 13.3. The molecule has 0 saturated carbocycles. The molecular formula is C23H23ClN2O4S. The molecule has 0 spiro atoms. The van der Waals surface area contributed by atoms with Gasteiger partial charge in [0.2, 0.25) is 0 Å². The Morgan fingerprint density at radius 1 is 1.03 bits per heavy atom. The Morgan fingerprint density at radius 2 is 1.77 bits per heavy atom. The second-order valence-electron chi connectivity index (χ2n) is 6.74. The number of halogens is 1. The SMILES string of the molecule is CCN(c1ccccc1)S(=O)(=O)c1cc(NC(=O)c2cccc(COC)c2)ccc1Cl. The van der Waals surface area contributed by atoms with Crippen LogP contribution in [0.25, 0.3) is 0 Å². The number of anilines is 2. The number of nitrogens with zero attached hydrogens (tertiary/aromatic N) is 1. The Balaban J connectivity index is 1.91. The molecule has 0 atom stereocenters. The number of rotatable bonds is 8. The lowest BCUT2D eigenvalue weighted by Crippen LogP contribution is -2.31. The number of benzene rings is 3. The van der Waals surface area contributed by atoms with Crippen LogP contribution in [-0.4, -0.2) is 28.0 Å². The van der Waals surface area contributed by atoms with Crippen molar-refractivity contribution in [3.05, 3.63) is 88.9 Å². The number of sulfonamides is 1. The molecule has 0 aliphatic heterocycles. The molecule has 0 unspecified atom stereocenters. The summed E-state index contributed by atoms with van der Waals surface area (Å²) in [5.74, 6) is -0.362. The van der Waals surface area contributed by atoms with Crippen molar-refractivity contribution in [2.75, 3.05) is 23.3 Å². The zero-order valence-electron chi connectivity index (χ0n) is 17.2. The highest BCUT2D eigenvalue weighted by Gasteiger charge is 2.26. The summed E-state index contributed by atoms with van der Waals surface area (Å²) in [6.45, 7) is 2.36. The summed E-state index contributed by atoms with van der Waals surface area (Å²) in [5.41, 5.74) is 2.16. The van der Waals surface area contributed by atoms with Crippen LogP contribution in [0.1, 0.15) is 22.8 Å². The molecule has 0 saturated heterocycles. The van der Waals surface area contributed by atoms with Crippen LogP contribution < -0.4 is 9.62 Å². The van der Waals surface area contributed by atoms with Crippen molar-refractivity contribution in [1.29, 1.82) is 0 Å². The van der Waals surface area contributed by atoms with Gasteiger partial charge in [-0.2, -0.15) is 0 Å². The first-order chi connectivity index (χ1) is 14.9. The van der Waals surface area contributed by atoms with Crippen LogP contribution in [0.4, 0.5) is 11.4 Å². The number of carbonyl (C=O) groups excluding carboxylic acids is 1. The molecule has 6 nitrogen and oxygen atoms in total. The van der Waals surface area contributed by atoms with Gasteiger partial charge in [-0.1, -0.05) is 41.9 Å². The molecule has 0 aromatic heterocycles. The molecule has 3 aromatic carbocycles. The summed E-state index contributed by atoms with van der Waals surface area (Å²) in [5, 5.41) is 2.82. The van der Waals surface area contributed by atoms with Crippen molar-refractivity contribution < 1.29 is 17.9 Å². The van der Waals surface area contributed by atoms with Gasteiger partial charge >= 0.3 is 0 Å². The maximum absolute atomic E-state index is 13.3. The number of amides is 1. The highest BCUT2D eigenvalue weighted by Crippen LogP contribution is 2.30. The first-order valence-corrected chi connectivity index (χ1v) is 11.4. The maximum Gasteiger partial charge on any atom is 0.265 e. The molecule has 0 fully saturated rings. The number of hydrogen-bond donors (Lipinski definition) is 1. The summed E-state index contributed by atoms with van der Waals surface area (Å²) in [4.78, 5) is 12.6. The van der Waals surface area contributed by atoms with Crippen LogP contribution >= 0.6 is 11.6 Å². The van der Waals surface area contributed by atoms with E-state index in [1.807, 2.05) is 12.1 Å². The fourth-order valence-corrected chi connectivity index (χ4v) is 5.13. The van der Waals surface area contributed by atoms with E-state index in [0.717, 1.165) is 5.56 Å². The van der Waals surface area contributed by atoms with E-state index in [2.05, 4.69) is 5.32 Å². The van der Waals surface area contributed by atoms with Crippen molar-refractivity contribution in [2.45, 2.75) is 18.4 Å². The average molecular weight is 459 g/mol. The first kappa shape index (κ1) is 22.8. The summed E-state index contributed by atoms with van der Waals surface area (Å²) in [6, 6.07) is 20.2. The largest absolute Gasteiger partial charge is 0.380 e. The van der Waals surface area contributed by atoms with E-state index in [4.69, 9.17) is 16.3 Å². The van der Waals surface area contributed by atoms with Gasteiger partial charge in [-0.25, -0.2) is 8.42 Å². The van der Waals surface area contributed by atoms with E-state index in [-0.39, 0.29) is 22.4 Å². The highest BCUT2D eigenvalue weighted by molar-refractivity contribution is 7.93. The first-order valence-electron chi connectivity index (χ1n) is 9.63. The number of methoxy groups -OCH3 is 1. The predicted octanol–water partition coefficient (Wildman–Crippen LogP) is 4.95. The second kappa shape index (κ2) is 9.96. The zero-order chi connectivity index (χ0) is 22.4. The van der Waals surface area contributed by atoms with E-state index >= 15 is 0 Å². The predicted molar refractivity (Wildman–Crippen MR) is 123 cm³/mol. The smallest absolute Gasteiger partial charge is 0.265 e. The second-order valence-corrected chi connectivity index (χ2v) is 8.98. The Labute approximate surface area is 187 Å². The van der Waals surface area contributed by atoms with E-state index in [9.17, 15) is 13.2 Å². The number of carbonyl (C=O) groups is 1. The van der Waals surface area contributed by atoms with Gasteiger partial charge in [0.25, 0.3) is 15.9 Å². The van der Waals surface area contributed by atoms with E-state index < -0.39 is 10.0 Å². The molecule has 31 heavy (non-hydrogen) atoms. The fraction of sp³-hybridized carbons (Fsp3) is 0.174. The topological polar surface area (TPSA) is 75.7 Å². The van der Waals surface area contributed by atoms with Crippen molar-refractivity contribution in [1.82, 2.24) is 0 Å². The molecular weight excluding hydrogens is 436 g/mol. The minimum absolute atomic E-state index is 0.0780. The van der Waals surface area contributed by atoms with Crippen LogP contribution in [-0.2, 0) is 21.4 Å². The lowest BCUT2D eigenvalue weighted by atomic mass is 10.1. The molecule has 0 aliphatic carbocycles. The Kier molecular flexibility index (Phi) is 7.33. The molecule has 0 radical (unpaired) electrons. The monoisotopic (exact) mass is 458 g/mol. The quantitative estimate of drug-likeness (QED) is 0.518. The average Bonchev–Trinajstić information content (AvgIpc) is 2.76. The highest BCUT2D eigenvalue weighted by atomic mass is 35.5. The van der Waals surface area contributed by atoms with Gasteiger partial charge in [0, 0.05) is 24.9 Å². The summed E-state index contributed by atoms with van der Waals surface area (Å²) in [7, 11) is -2.36. The number of nitrogens with one attached hydrogen (secondary N) is 1. The van der Waals surface area contributed by atoms with Gasteiger partial charge in [-0.05, 0) is 55.0 Å². The standard InChI is InChI=1S/C23H23ClN2O4S/c1-3-26(20-10-5-4-6-11-20)31(28,29)22-15-19(12-13-21(22)24)25-23(27)18-9-7-8-17(14-18)16-30-2/h4-15H,3,16H2,1-2H3,(H,25,27). The number of para-hydroxylation sites is 1. The van der Waals surface area contributed by atoms with Crippen LogP contribution in [0.5, 0.6) is 0 Å². The molecule has 162 valence electrons. The Hall–Kier alpha value is -2.87. The van der Waals surface area contributed by atoms with Crippen LogP contribution in [0.3, 0.4) is 0 Å². The molecule has 3 rings (SSSR count). The van der Waals surface area contributed by atoms with Gasteiger partial charge < -0.3 is 10.1 Å². The van der Waals surface area contributed by atoms with E-state index in [1.54, 1.807) is 62.6 Å². The number of hydrogen-bond acceptors (Lipinski definition) is 4. The van der Waals surface area contributed by atoms with E-state index in [0.29, 0.717) is 23.5 Å². The van der Waals surface area contributed by atoms with Gasteiger partial charge in [-0.3, -0.25) is 9.10 Å². The van der Waals surface area contributed by atoms with Gasteiger partial charge in [0.1, 0.15) is 4.90 Å². The van der Waals surface area contributed by atoms with Gasteiger partial charge in [0.15, 0.2) is 0 Å². The lowest BCUT2D eigenvalue weighted by Gasteiger charge is -2.23. The molecule has 1 N–H and O–H groups in total. The molecule has 0 heterocycles. The Bertz CT molecular complexity index is 1170. The summed E-state index contributed by atoms with van der Waals surface area (Å²) >= 11 is 6.25. The van der Waals surface area contributed by atoms with Gasteiger partial charge in [0.05, 0.1) is 17.3 Å². The molecule has 1 amide bonds. The fourth-order valence-electron chi connectivity index (χ4n) is 3.16.